The Bertz CT molecular complexity index is 1440. The summed E-state index contributed by atoms with van der Waals surface area (Å²) < 4.78 is 34.4. The SMILES string of the molecule is CCOc1ccc(N(CC(=O)N(Cc2c(Cl)cccc2Cl)C(C)C(=O)NC(C)C)S(=O)(=O)c2ccc(C)cc2)cc1. The molecular formula is C30H35Cl2N3O5S. The lowest BCUT2D eigenvalue weighted by molar-refractivity contribution is -0.139. The molecule has 0 spiro atoms. The Kier molecular flexibility index (Phi) is 11.1. The zero-order chi connectivity index (χ0) is 30.3. The zero-order valence-corrected chi connectivity index (χ0v) is 26.1. The van der Waals surface area contributed by atoms with Crippen LogP contribution in [0.5, 0.6) is 5.75 Å². The highest BCUT2D eigenvalue weighted by Crippen LogP contribution is 2.29. The van der Waals surface area contributed by atoms with Crippen LogP contribution in [0.2, 0.25) is 10.0 Å². The monoisotopic (exact) mass is 619 g/mol. The van der Waals surface area contributed by atoms with Gasteiger partial charge in [-0.2, -0.15) is 0 Å². The first-order chi connectivity index (χ1) is 19.3. The number of hydrogen-bond acceptors (Lipinski definition) is 5. The van der Waals surface area contributed by atoms with E-state index in [2.05, 4.69) is 5.32 Å². The average molecular weight is 621 g/mol. The van der Waals surface area contributed by atoms with E-state index in [1.807, 2.05) is 27.7 Å². The maximum atomic E-state index is 14.0. The van der Waals surface area contributed by atoms with Crippen molar-refractivity contribution in [3.05, 3.63) is 87.9 Å². The molecule has 0 fully saturated rings. The molecule has 0 bridgehead atoms. The zero-order valence-electron chi connectivity index (χ0n) is 23.7. The Morgan fingerprint density at radius 1 is 0.927 bits per heavy atom. The molecule has 2 amide bonds. The normalized spacial score (nSPS) is 12.1. The van der Waals surface area contributed by atoms with E-state index in [9.17, 15) is 18.0 Å². The first kappa shape index (κ1) is 32.2. The molecule has 3 aromatic carbocycles. The number of benzene rings is 3. The lowest BCUT2D eigenvalue weighted by atomic mass is 10.1. The smallest absolute Gasteiger partial charge is 0.264 e. The van der Waals surface area contributed by atoms with E-state index in [1.54, 1.807) is 61.5 Å². The minimum absolute atomic E-state index is 0.0242. The van der Waals surface area contributed by atoms with Gasteiger partial charge in [-0.3, -0.25) is 13.9 Å². The molecule has 0 aliphatic rings. The third-order valence-electron chi connectivity index (χ3n) is 6.31. The molecule has 0 aliphatic carbocycles. The number of rotatable bonds is 12. The molecule has 3 aromatic rings. The summed E-state index contributed by atoms with van der Waals surface area (Å²) in [7, 11) is -4.19. The summed E-state index contributed by atoms with van der Waals surface area (Å²) in [6.07, 6.45) is 0. The molecule has 220 valence electrons. The van der Waals surface area contributed by atoms with Gasteiger partial charge in [0, 0.05) is 28.2 Å². The van der Waals surface area contributed by atoms with E-state index in [1.165, 1.54) is 17.0 Å². The van der Waals surface area contributed by atoms with Gasteiger partial charge in [0.15, 0.2) is 0 Å². The number of carbonyl (C=O) groups is 2. The summed E-state index contributed by atoms with van der Waals surface area (Å²) in [5.74, 6) is -0.452. The number of nitrogens with zero attached hydrogens (tertiary/aromatic N) is 2. The van der Waals surface area contributed by atoms with Crippen LogP contribution in [0.1, 0.15) is 38.8 Å². The minimum atomic E-state index is -4.19. The van der Waals surface area contributed by atoms with Gasteiger partial charge in [-0.25, -0.2) is 8.42 Å². The summed E-state index contributed by atoms with van der Waals surface area (Å²) in [6.45, 7) is 8.65. The molecule has 0 saturated heterocycles. The van der Waals surface area contributed by atoms with Crippen molar-refractivity contribution in [2.75, 3.05) is 17.5 Å². The highest BCUT2D eigenvalue weighted by atomic mass is 35.5. The number of hydrogen-bond donors (Lipinski definition) is 1. The Hall–Kier alpha value is -3.27. The second-order valence-electron chi connectivity index (χ2n) is 9.81. The molecule has 3 rings (SSSR count). The van der Waals surface area contributed by atoms with Gasteiger partial charge in [0.25, 0.3) is 10.0 Å². The van der Waals surface area contributed by atoms with Gasteiger partial charge in [-0.15, -0.1) is 0 Å². The maximum Gasteiger partial charge on any atom is 0.264 e. The quantitative estimate of drug-likeness (QED) is 0.275. The van der Waals surface area contributed by atoms with Crippen LogP contribution in [0, 0.1) is 6.92 Å². The van der Waals surface area contributed by atoms with Crippen LogP contribution < -0.4 is 14.4 Å². The van der Waals surface area contributed by atoms with E-state index < -0.39 is 34.4 Å². The molecule has 0 saturated carbocycles. The first-order valence-corrected chi connectivity index (χ1v) is 15.4. The number of anilines is 1. The van der Waals surface area contributed by atoms with Crippen molar-refractivity contribution in [3.63, 3.8) is 0 Å². The largest absolute Gasteiger partial charge is 0.494 e. The lowest BCUT2D eigenvalue weighted by Crippen LogP contribution is -2.52. The molecular weight excluding hydrogens is 585 g/mol. The lowest BCUT2D eigenvalue weighted by Gasteiger charge is -2.32. The van der Waals surface area contributed by atoms with Crippen LogP contribution in [0.15, 0.2) is 71.6 Å². The summed E-state index contributed by atoms with van der Waals surface area (Å²) >= 11 is 12.8. The van der Waals surface area contributed by atoms with E-state index in [4.69, 9.17) is 27.9 Å². The third kappa shape index (κ3) is 8.15. The summed E-state index contributed by atoms with van der Waals surface area (Å²) in [5.41, 5.74) is 1.60. The van der Waals surface area contributed by atoms with Crippen LogP contribution in [-0.4, -0.2) is 50.4 Å². The Morgan fingerprint density at radius 2 is 1.51 bits per heavy atom. The van der Waals surface area contributed by atoms with Crippen LogP contribution in [0.4, 0.5) is 5.69 Å². The fourth-order valence-corrected chi connectivity index (χ4v) is 6.01. The van der Waals surface area contributed by atoms with Crippen molar-refractivity contribution < 1.29 is 22.7 Å². The maximum absolute atomic E-state index is 14.0. The molecule has 0 heterocycles. The summed E-state index contributed by atoms with van der Waals surface area (Å²) in [6, 6.07) is 16.6. The van der Waals surface area contributed by atoms with Crippen molar-refractivity contribution >= 4 is 50.7 Å². The van der Waals surface area contributed by atoms with Gasteiger partial charge in [0.2, 0.25) is 11.8 Å². The van der Waals surface area contributed by atoms with Gasteiger partial charge >= 0.3 is 0 Å². The van der Waals surface area contributed by atoms with Crippen molar-refractivity contribution in [2.24, 2.45) is 0 Å². The summed E-state index contributed by atoms with van der Waals surface area (Å²) in [4.78, 5) is 28.4. The first-order valence-electron chi connectivity index (χ1n) is 13.2. The second-order valence-corrected chi connectivity index (χ2v) is 12.5. The molecule has 1 unspecified atom stereocenters. The number of sulfonamides is 1. The van der Waals surface area contributed by atoms with Gasteiger partial charge in [0.05, 0.1) is 17.2 Å². The van der Waals surface area contributed by atoms with Crippen LogP contribution in [0.3, 0.4) is 0 Å². The predicted molar refractivity (Wildman–Crippen MR) is 163 cm³/mol. The Labute approximate surface area is 252 Å². The van der Waals surface area contributed by atoms with Crippen LogP contribution in [-0.2, 0) is 26.2 Å². The minimum Gasteiger partial charge on any atom is -0.494 e. The van der Waals surface area contributed by atoms with E-state index in [0.29, 0.717) is 28.0 Å². The highest BCUT2D eigenvalue weighted by molar-refractivity contribution is 7.92. The molecule has 0 aromatic heterocycles. The highest BCUT2D eigenvalue weighted by Gasteiger charge is 2.33. The van der Waals surface area contributed by atoms with Crippen molar-refractivity contribution in [1.82, 2.24) is 10.2 Å². The van der Waals surface area contributed by atoms with Crippen LogP contribution >= 0.6 is 23.2 Å². The number of ether oxygens (including phenoxy) is 1. The van der Waals surface area contributed by atoms with Gasteiger partial charge in [0.1, 0.15) is 18.3 Å². The molecule has 1 atom stereocenters. The number of carbonyl (C=O) groups excluding carboxylic acids is 2. The molecule has 41 heavy (non-hydrogen) atoms. The molecule has 1 N–H and O–H groups in total. The number of halogens is 2. The molecule has 0 aliphatic heterocycles. The fraction of sp³-hybridized carbons (Fsp3) is 0.333. The standard InChI is InChI=1S/C30H35Cl2N3O5S/c1-6-40-24-14-12-23(13-15-24)35(41(38,39)25-16-10-21(4)11-17-25)19-29(36)34(22(5)30(37)33-20(2)3)18-26-27(31)8-7-9-28(26)32/h7-17,20,22H,6,18-19H2,1-5H3,(H,33,37). The second kappa shape index (κ2) is 14.1. The number of amides is 2. The van der Waals surface area contributed by atoms with Crippen LogP contribution in [0.25, 0.3) is 0 Å². The van der Waals surface area contributed by atoms with Crippen molar-refractivity contribution in [1.29, 1.82) is 0 Å². The Balaban J connectivity index is 2.07. The van der Waals surface area contributed by atoms with E-state index in [0.717, 1.165) is 9.87 Å². The van der Waals surface area contributed by atoms with Gasteiger partial charge in [-0.05, 0) is 83.1 Å². The predicted octanol–water partition coefficient (Wildman–Crippen LogP) is 5.84. The molecule has 8 nitrogen and oxygen atoms in total. The van der Waals surface area contributed by atoms with Gasteiger partial charge in [-0.1, -0.05) is 47.0 Å². The fourth-order valence-electron chi connectivity index (χ4n) is 4.08. The number of nitrogens with one attached hydrogen (secondary N) is 1. The third-order valence-corrected chi connectivity index (χ3v) is 8.81. The summed E-state index contributed by atoms with van der Waals surface area (Å²) in [5, 5.41) is 3.46. The Morgan fingerprint density at radius 3 is 2.05 bits per heavy atom. The van der Waals surface area contributed by atoms with Crippen molar-refractivity contribution in [3.8, 4) is 5.75 Å². The molecule has 0 radical (unpaired) electrons. The van der Waals surface area contributed by atoms with Gasteiger partial charge < -0.3 is 15.0 Å². The molecule has 11 heteroatoms. The average Bonchev–Trinajstić information content (AvgIpc) is 2.91. The van der Waals surface area contributed by atoms with E-state index in [-0.39, 0.29) is 23.2 Å². The van der Waals surface area contributed by atoms with Crippen molar-refractivity contribution in [2.45, 2.75) is 58.1 Å². The number of aryl methyl sites for hydroxylation is 1. The van der Waals surface area contributed by atoms with E-state index >= 15 is 0 Å². The topological polar surface area (TPSA) is 96.0 Å².